The van der Waals surface area contributed by atoms with Gasteiger partial charge in [0.1, 0.15) is 16.4 Å². The fourth-order valence-electron chi connectivity index (χ4n) is 1.58. The van der Waals surface area contributed by atoms with E-state index in [0.717, 1.165) is 0 Å². The van der Waals surface area contributed by atoms with Crippen molar-refractivity contribution in [3.8, 4) is 11.5 Å². The Hall–Kier alpha value is -2.21. The standard InChI is InChI=1S/C13H13NO4S/c1-18-11-6-4-5-10(9-11)14-19(16,17)13-8-3-2-7-12(13)15/h2-9,14-15H,1H3. The van der Waals surface area contributed by atoms with Crippen LogP contribution in [0.15, 0.2) is 53.4 Å². The van der Waals surface area contributed by atoms with Gasteiger partial charge in [0.15, 0.2) is 0 Å². The topological polar surface area (TPSA) is 75.6 Å². The molecule has 2 aromatic rings. The lowest BCUT2D eigenvalue weighted by Gasteiger charge is -2.10. The third kappa shape index (κ3) is 2.97. The summed E-state index contributed by atoms with van der Waals surface area (Å²) in [6.07, 6.45) is 0. The van der Waals surface area contributed by atoms with Crippen molar-refractivity contribution in [2.45, 2.75) is 4.90 Å². The highest BCUT2D eigenvalue weighted by molar-refractivity contribution is 7.92. The zero-order valence-corrected chi connectivity index (χ0v) is 11.0. The minimum atomic E-state index is -3.82. The molecule has 0 atom stereocenters. The van der Waals surface area contributed by atoms with Gasteiger partial charge in [-0.3, -0.25) is 4.72 Å². The number of para-hydroxylation sites is 1. The molecule has 0 spiro atoms. The van der Waals surface area contributed by atoms with Crippen LogP contribution in [-0.2, 0) is 10.0 Å². The number of methoxy groups -OCH3 is 1. The van der Waals surface area contributed by atoms with Crippen LogP contribution in [0.2, 0.25) is 0 Å². The first-order valence-electron chi connectivity index (χ1n) is 5.48. The second-order valence-electron chi connectivity index (χ2n) is 3.81. The third-order valence-corrected chi connectivity index (χ3v) is 3.91. The number of sulfonamides is 1. The molecule has 2 N–H and O–H groups in total. The maximum absolute atomic E-state index is 12.1. The Labute approximate surface area is 111 Å². The van der Waals surface area contributed by atoms with Crippen LogP contribution in [0.3, 0.4) is 0 Å². The lowest BCUT2D eigenvalue weighted by Crippen LogP contribution is -2.13. The van der Waals surface area contributed by atoms with Crippen molar-refractivity contribution in [2.75, 3.05) is 11.8 Å². The highest BCUT2D eigenvalue weighted by atomic mass is 32.2. The number of ether oxygens (including phenoxy) is 1. The van der Waals surface area contributed by atoms with E-state index in [9.17, 15) is 13.5 Å². The SMILES string of the molecule is COc1cccc(NS(=O)(=O)c2ccccc2O)c1. The fourth-order valence-corrected chi connectivity index (χ4v) is 2.73. The molecular formula is C13H13NO4S. The average molecular weight is 279 g/mol. The van der Waals surface area contributed by atoms with Gasteiger partial charge < -0.3 is 9.84 Å². The highest BCUT2D eigenvalue weighted by Crippen LogP contribution is 2.25. The normalized spacial score (nSPS) is 11.0. The maximum Gasteiger partial charge on any atom is 0.265 e. The van der Waals surface area contributed by atoms with Crippen LogP contribution >= 0.6 is 0 Å². The molecule has 19 heavy (non-hydrogen) atoms. The van der Waals surface area contributed by atoms with Crippen LogP contribution in [0.5, 0.6) is 11.5 Å². The van der Waals surface area contributed by atoms with Crippen LogP contribution in [0.4, 0.5) is 5.69 Å². The molecule has 100 valence electrons. The summed E-state index contributed by atoms with van der Waals surface area (Å²) in [5.74, 6) is 0.246. The van der Waals surface area contributed by atoms with Crippen LogP contribution in [0, 0.1) is 0 Å². The van der Waals surface area contributed by atoms with E-state index >= 15 is 0 Å². The first-order valence-corrected chi connectivity index (χ1v) is 6.96. The van der Waals surface area contributed by atoms with Crippen molar-refractivity contribution < 1.29 is 18.3 Å². The van der Waals surface area contributed by atoms with Crippen molar-refractivity contribution >= 4 is 15.7 Å². The Bertz CT molecular complexity index is 683. The first-order chi connectivity index (χ1) is 9.03. The predicted molar refractivity (Wildman–Crippen MR) is 71.9 cm³/mol. The van der Waals surface area contributed by atoms with Crippen molar-refractivity contribution in [1.29, 1.82) is 0 Å². The van der Waals surface area contributed by atoms with Crippen LogP contribution in [0.1, 0.15) is 0 Å². The van der Waals surface area contributed by atoms with Gasteiger partial charge in [-0.05, 0) is 24.3 Å². The molecule has 0 aliphatic rings. The summed E-state index contributed by atoms with van der Waals surface area (Å²) >= 11 is 0. The maximum atomic E-state index is 12.1. The molecule has 0 fully saturated rings. The Morgan fingerprint density at radius 2 is 1.84 bits per heavy atom. The Kier molecular flexibility index (Phi) is 3.62. The molecule has 2 aromatic carbocycles. The number of phenols is 1. The van der Waals surface area contributed by atoms with Gasteiger partial charge in [0.2, 0.25) is 0 Å². The van der Waals surface area contributed by atoms with Crippen LogP contribution in [0.25, 0.3) is 0 Å². The Morgan fingerprint density at radius 1 is 1.11 bits per heavy atom. The van der Waals surface area contributed by atoms with Crippen molar-refractivity contribution in [1.82, 2.24) is 0 Å². The van der Waals surface area contributed by atoms with E-state index in [0.29, 0.717) is 11.4 Å². The van der Waals surface area contributed by atoms with E-state index in [-0.39, 0.29) is 10.6 Å². The number of rotatable bonds is 4. The van der Waals surface area contributed by atoms with Gasteiger partial charge in [0.05, 0.1) is 12.8 Å². The summed E-state index contributed by atoms with van der Waals surface area (Å²) < 4.78 is 31.6. The van der Waals surface area contributed by atoms with Gasteiger partial charge in [0, 0.05) is 6.07 Å². The lowest BCUT2D eigenvalue weighted by molar-refractivity contribution is 0.415. The van der Waals surface area contributed by atoms with E-state index in [4.69, 9.17) is 4.74 Å². The Balaban J connectivity index is 2.34. The van der Waals surface area contributed by atoms with Crippen LogP contribution < -0.4 is 9.46 Å². The number of aromatic hydroxyl groups is 1. The molecule has 0 saturated heterocycles. The number of phenolic OH excluding ortho intramolecular Hbond substituents is 1. The minimum absolute atomic E-state index is 0.169. The molecule has 2 rings (SSSR count). The molecule has 0 unspecified atom stereocenters. The molecule has 0 saturated carbocycles. The molecule has 0 amide bonds. The molecular weight excluding hydrogens is 266 g/mol. The zero-order chi connectivity index (χ0) is 13.9. The summed E-state index contributed by atoms with van der Waals surface area (Å²) in [5, 5.41) is 9.58. The molecule has 5 nitrogen and oxygen atoms in total. The van der Waals surface area contributed by atoms with E-state index in [2.05, 4.69) is 4.72 Å². The molecule has 0 aromatic heterocycles. The fraction of sp³-hybridized carbons (Fsp3) is 0.0769. The molecule has 0 bridgehead atoms. The quantitative estimate of drug-likeness (QED) is 0.899. The predicted octanol–water partition coefficient (Wildman–Crippen LogP) is 2.20. The van der Waals surface area contributed by atoms with Crippen LogP contribution in [-0.4, -0.2) is 20.6 Å². The third-order valence-electron chi connectivity index (χ3n) is 2.48. The molecule has 0 radical (unpaired) electrons. The minimum Gasteiger partial charge on any atom is -0.507 e. The Morgan fingerprint density at radius 3 is 2.53 bits per heavy atom. The van der Waals surface area contributed by atoms with Gasteiger partial charge >= 0.3 is 0 Å². The van der Waals surface area contributed by atoms with Gasteiger partial charge in [-0.15, -0.1) is 0 Å². The van der Waals surface area contributed by atoms with E-state index < -0.39 is 10.0 Å². The zero-order valence-electron chi connectivity index (χ0n) is 10.2. The number of hydrogen-bond donors (Lipinski definition) is 2. The second-order valence-corrected chi connectivity index (χ2v) is 5.46. The molecule has 6 heteroatoms. The van der Waals surface area contributed by atoms with E-state index in [1.54, 1.807) is 36.4 Å². The number of anilines is 1. The number of nitrogens with one attached hydrogen (secondary N) is 1. The summed E-state index contributed by atoms with van der Waals surface area (Å²) in [6, 6.07) is 12.3. The average Bonchev–Trinajstić information content (AvgIpc) is 2.38. The first kappa shape index (κ1) is 13.2. The lowest BCUT2D eigenvalue weighted by atomic mass is 10.3. The number of benzene rings is 2. The summed E-state index contributed by atoms with van der Waals surface area (Å²) in [5.41, 5.74) is 0.364. The summed E-state index contributed by atoms with van der Waals surface area (Å²) in [6.45, 7) is 0. The smallest absolute Gasteiger partial charge is 0.265 e. The second kappa shape index (κ2) is 5.19. The van der Waals surface area contributed by atoms with Gasteiger partial charge in [-0.2, -0.15) is 0 Å². The van der Waals surface area contributed by atoms with Crippen molar-refractivity contribution in [3.05, 3.63) is 48.5 Å². The number of hydrogen-bond acceptors (Lipinski definition) is 4. The van der Waals surface area contributed by atoms with Gasteiger partial charge in [-0.1, -0.05) is 18.2 Å². The van der Waals surface area contributed by atoms with Crippen molar-refractivity contribution in [2.24, 2.45) is 0 Å². The summed E-state index contributed by atoms with van der Waals surface area (Å²) in [4.78, 5) is -0.169. The van der Waals surface area contributed by atoms with E-state index in [1.807, 2.05) is 0 Å². The molecule has 0 aliphatic carbocycles. The van der Waals surface area contributed by atoms with Gasteiger partial charge in [0.25, 0.3) is 10.0 Å². The molecule has 0 heterocycles. The monoisotopic (exact) mass is 279 g/mol. The summed E-state index contributed by atoms with van der Waals surface area (Å²) in [7, 11) is -2.33. The highest BCUT2D eigenvalue weighted by Gasteiger charge is 2.18. The van der Waals surface area contributed by atoms with Gasteiger partial charge in [-0.25, -0.2) is 8.42 Å². The molecule has 0 aliphatic heterocycles. The van der Waals surface area contributed by atoms with Crippen molar-refractivity contribution in [3.63, 3.8) is 0 Å². The largest absolute Gasteiger partial charge is 0.507 e. The van der Waals surface area contributed by atoms with E-state index in [1.165, 1.54) is 19.2 Å².